The summed E-state index contributed by atoms with van der Waals surface area (Å²) < 4.78 is 44.1. The highest BCUT2D eigenvalue weighted by molar-refractivity contribution is 8.05. The van der Waals surface area contributed by atoms with Gasteiger partial charge in [-0.25, -0.2) is 16.8 Å². The molecule has 0 aromatic heterocycles. The number of carbonyl (C=O) groups is 2. The van der Waals surface area contributed by atoms with Crippen LogP contribution in [0.2, 0.25) is 0 Å². The van der Waals surface area contributed by atoms with Gasteiger partial charge in [0.05, 0.1) is 0 Å². The van der Waals surface area contributed by atoms with Crippen LogP contribution in [-0.2, 0) is 29.6 Å². The maximum absolute atomic E-state index is 10.8. The molecule has 0 unspecified atom stereocenters. The number of sulfonamides is 2. The number of aliphatic carboxylic acids is 2. The van der Waals surface area contributed by atoms with E-state index in [0.717, 1.165) is 4.13 Å². The number of carboxylic acids is 2. The van der Waals surface area contributed by atoms with E-state index in [1.54, 1.807) is 0 Å². The van der Waals surface area contributed by atoms with E-state index in [1.807, 2.05) is 0 Å². The molecule has 0 saturated heterocycles. The minimum Gasteiger partial charge on any atom is -0.480 e. The van der Waals surface area contributed by atoms with E-state index in [1.165, 1.54) is 0 Å². The molecule has 0 amide bonds. The van der Waals surface area contributed by atoms with Gasteiger partial charge in [-0.15, -0.1) is 4.13 Å². The van der Waals surface area contributed by atoms with Crippen molar-refractivity contribution in [3.8, 4) is 0 Å². The third kappa shape index (κ3) is 6.82. The van der Waals surface area contributed by atoms with Gasteiger partial charge in [0, 0.05) is 0 Å². The standard InChI is InChI=1S/C4H7NO8S2/c6-3(7)1-14(10,11)5-15(12,13)2-4(8)9/h5H,1-2H2,(H,6,7)(H,8,9). The fourth-order valence-electron chi connectivity index (χ4n) is 0.577. The molecule has 0 bridgehead atoms. The quantitative estimate of drug-likeness (QED) is 0.470. The lowest BCUT2D eigenvalue weighted by molar-refractivity contribution is -0.135. The van der Waals surface area contributed by atoms with Crippen molar-refractivity contribution in [3.63, 3.8) is 0 Å². The fourth-order valence-corrected chi connectivity index (χ4v) is 3.25. The van der Waals surface area contributed by atoms with Gasteiger partial charge < -0.3 is 10.2 Å². The molecule has 9 nitrogen and oxygen atoms in total. The average molecular weight is 261 g/mol. The lowest BCUT2D eigenvalue weighted by Gasteiger charge is -2.03. The molecule has 0 aliphatic heterocycles. The molecule has 0 spiro atoms. The van der Waals surface area contributed by atoms with Gasteiger partial charge in [-0.05, 0) is 0 Å². The van der Waals surface area contributed by atoms with Crippen molar-refractivity contribution in [2.75, 3.05) is 11.5 Å². The molecular formula is C4H7NO8S2. The molecule has 88 valence electrons. The SMILES string of the molecule is O=C(O)CS(=O)(=O)NS(=O)(=O)CC(=O)O. The summed E-state index contributed by atoms with van der Waals surface area (Å²) in [4.78, 5) is 20.0. The van der Waals surface area contributed by atoms with Crippen molar-refractivity contribution in [1.29, 1.82) is 0 Å². The Balaban J connectivity index is 4.74. The Morgan fingerprint density at radius 2 is 1.13 bits per heavy atom. The first kappa shape index (κ1) is 13.8. The number of hydrogen-bond acceptors (Lipinski definition) is 6. The minimum atomic E-state index is -4.58. The first-order valence-corrected chi connectivity index (χ1v) is 6.52. The third-order valence-corrected chi connectivity index (χ3v) is 4.17. The Kier molecular flexibility index (Phi) is 4.18. The van der Waals surface area contributed by atoms with Gasteiger partial charge in [0.25, 0.3) is 0 Å². The van der Waals surface area contributed by atoms with E-state index >= 15 is 0 Å². The van der Waals surface area contributed by atoms with E-state index in [9.17, 15) is 26.4 Å². The van der Waals surface area contributed by atoms with Gasteiger partial charge in [0.2, 0.25) is 20.0 Å². The van der Waals surface area contributed by atoms with Crippen molar-refractivity contribution in [2.45, 2.75) is 0 Å². The molecule has 0 rings (SSSR count). The summed E-state index contributed by atoms with van der Waals surface area (Å²) >= 11 is 0. The number of carboxylic acid groups (broad SMARTS) is 2. The monoisotopic (exact) mass is 261 g/mol. The van der Waals surface area contributed by atoms with Crippen LogP contribution in [0.1, 0.15) is 0 Å². The summed E-state index contributed by atoms with van der Waals surface area (Å²) in [6.45, 7) is 0. The van der Waals surface area contributed by atoms with Crippen molar-refractivity contribution in [1.82, 2.24) is 4.13 Å². The van der Waals surface area contributed by atoms with E-state index in [0.29, 0.717) is 0 Å². The van der Waals surface area contributed by atoms with Crippen LogP contribution < -0.4 is 4.13 Å². The van der Waals surface area contributed by atoms with E-state index < -0.39 is 43.5 Å². The molecule has 0 saturated carbocycles. The van der Waals surface area contributed by atoms with Crippen LogP contribution in [0.25, 0.3) is 0 Å². The molecule has 0 radical (unpaired) electrons. The zero-order valence-corrected chi connectivity index (χ0v) is 8.71. The Morgan fingerprint density at radius 1 is 0.867 bits per heavy atom. The van der Waals surface area contributed by atoms with Crippen LogP contribution in [0.15, 0.2) is 0 Å². The highest BCUT2D eigenvalue weighted by Gasteiger charge is 2.25. The van der Waals surface area contributed by atoms with Crippen molar-refractivity contribution in [3.05, 3.63) is 0 Å². The van der Waals surface area contributed by atoms with E-state index in [2.05, 4.69) is 0 Å². The predicted octanol–water partition coefficient (Wildman–Crippen LogP) is -2.60. The second-order valence-corrected chi connectivity index (χ2v) is 6.09. The lowest BCUT2D eigenvalue weighted by atomic mass is 10.8. The van der Waals surface area contributed by atoms with Gasteiger partial charge in [0.1, 0.15) is 0 Å². The zero-order valence-electron chi connectivity index (χ0n) is 7.07. The summed E-state index contributed by atoms with van der Waals surface area (Å²) in [6.07, 6.45) is 0. The molecule has 0 aromatic rings. The van der Waals surface area contributed by atoms with Gasteiger partial charge in [-0.2, -0.15) is 0 Å². The topological polar surface area (TPSA) is 155 Å². The number of rotatable bonds is 6. The van der Waals surface area contributed by atoms with Crippen LogP contribution in [0.5, 0.6) is 0 Å². The summed E-state index contributed by atoms with van der Waals surface area (Å²) in [5, 5.41) is 16.2. The molecule has 0 fully saturated rings. The summed E-state index contributed by atoms with van der Waals surface area (Å²) in [5.74, 6) is -6.42. The molecule has 11 heteroatoms. The summed E-state index contributed by atoms with van der Waals surface area (Å²) in [7, 11) is -9.17. The van der Waals surface area contributed by atoms with Crippen molar-refractivity contribution in [2.24, 2.45) is 0 Å². The van der Waals surface area contributed by atoms with Gasteiger partial charge in [-0.3, -0.25) is 9.59 Å². The molecule has 0 aliphatic carbocycles. The van der Waals surface area contributed by atoms with Crippen LogP contribution in [0.3, 0.4) is 0 Å². The van der Waals surface area contributed by atoms with Crippen molar-refractivity contribution >= 4 is 32.0 Å². The Morgan fingerprint density at radius 3 is 1.33 bits per heavy atom. The molecule has 0 aliphatic rings. The molecule has 0 atom stereocenters. The highest BCUT2D eigenvalue weighted by Crippen LogP contribution is 1.91. The summed E-state index contributed by atoms with van der Waals surface area (Å²) in [6, 6.07) is 0. The van der Waals surface area contributed by atoms with Gasteiger partial charge in [0.15, 0.2) is 11.5 Å². The predicted molar refractivity (Wildman–Crippen MR) is 46.0 cm³/mol. The second-order valence-electron chi connectivity index (χ2n) is 2.39. The fraction of sp³-hybridized carbons (Fsp3) is 0.500. The summed E-state index contributed by atoms with van der Waals surface area (Å²) in [5.41, 5.74) is 0. The molecule has 0 aromatic carbocycles. The zero-order chi connectivity index (χ0) is 12.3. The maximum Gasteiger partial charge on any atom is 0.320 e. The molecule has 15 heavy (non-hydrogen) atoms. The van der Waals surface area contributed by atoms with Crippen LogP contribution in [0.4, 0.5) is 0 Å². The lowest BCUT2D eigenvalue weighted by Crippen LogP contribution is -2.38. The molecule has 3 N–H and O–H groups in total. The minimum absolute atomic E-state index is 0.978. The number of nitrogens with one attached hydrogen (secondary N) is 1. The maximum atomic E-state index is 10.8. The highest BCUT2D eigenvalue weighted by atomic mass is 32.3. The van der Waals surface area contributed by atoms with Crippen LogP contribution >= 0.6 is 0 Å². The average Bonchev–Trinajstić information content (AvgIpc) is 1.73. The largest absolute Gasteiger partial charge is 0.480 e. The second kappa shape index (κ2) is 4.55. The van der Waals surface area contributed by atoms with Crippen LogP contribution in [0, 0.1) is 0 Å². The third-order valence-electron chi connectivity index (χ3n) is 0.881. The Bertz CT molecular complexity index is 415. The number of hydrogen-bond donors (Lipinski definition) is 3. The first-order valence-electron chi connectivity index (χ1n) is 3.21. The van der Waals surface area contributed by atoms with Gasteiger partial charge in [-0.1, -0.05) is 0 Å². The first-order chi connectivity index (χ1) is 6.54. The Hall–Kier alpha value is -1.20. The smallest absolute Gasteiger partial charge is 0.320 e. The molecule has 0 heterocycles. The normalized spacial score (nSPS) is 12.3. The van der Waals surface area contributed by atoms with E-state index in [4.69, 9.17) is 10.2 Å². The Labute approximate surface area is 84.8 Å². The van der Waals surface area contributed by atoms with Crippen molar-refractivity contribution < 1.29 is 36.6 Å². The van der Waals surface area contributed by atoms with E-state index in [-0.39, 0.29) is 0 Å². The molecular weight excluding hydrogens is 254 g/mol. The van der Waals surface area contributed by atoms with Crippen LogP contribution in [-0.4, -0.2) is 50.5 Å². The van der Waals surface area contributed by atoms with Gasteiger partial charge >= 0.3 is 11.9 Å².